The first-order valence-corrected chi connectivity index (χ1v) is 6.07. The van der Waals surface area contributed by atoms with Gasteiger partial charge >= 0.3 is 0 Å². The number of halogens is 1. The summed E-state index contributed by atoms with van der Waals surface area (Å²) < 4.78 is 5.59. The highest BCUT2D eigenvalue weighted by Crippen LogP contribution is 2.33. The summed E-state index contributed by atoms with van der Waals surface area (Å²) in [6.07, 6.45) is 0.738. The van der Waals surface area contributed by atoms with Gasteiger partial charge in [-0.25, -0.2) is 0 Å². The van der Waals surface area contributed by atoms with Crippen LogP contribution < -0.4 is 4.74 Å². The molecule has 4 heteroatoms. The van der Waals surface area contributed by atoms with Gasteiger partial charge in [0.25, 0.3) is 0 Å². The predicted molar refractivity (Wildman–Crippen MR) is 67.9 cm³/mol. The van der Waals surface area contributed by atoms with Crippen molar-refractivity contribution in [3.05, 3.63) is 28.8 Å². The maximum atomic E-state index is 12.4. The van der Waals surface area contributed by atoms with Gasteiger partial charge < -0.3 is 9.64 Å². The highest BCUT2D eigenvalue weighted by atomic mass is 35.5. The SMILES string of the molecule is CN(C)CC1CCOc2c(Cl)cccc2C1=O. The molecule has 0 amide bonds. The Morgan fingerprint density at radius 3 is 2.94 bits per heavy atom. The van der Waals surface area contributed by atoms with E-state index in [0.29, 0.717) is 22.9 Å². The molecule has 2 rings (SSSR count). The number of benzene rings is 1. The molecule has 1 aromatic rings. The maximum absolute atomic E-state index is 12.4. The van der Waals surface area contributed by atoms with Crippen molar-refractivity contribution in [1.29, 1.82) is 0 Å². The summed E-state index contributed by atoms with van der Waals surface area (Å²) in [5, 5.41) is 0.515. The topological polar surface area (TPSA) is 29.5 Å². The lowest BCUT2D eigenvalue weighted by Crippen LogP contribution is -2.27. The summed E-state index contributed by atoms with van der Waals surface area (Å²) in [4.78, 5) is 14.4. The van der Waals surface area contributed by atoms with Crippen LogP contribution in [0.3, 0.4) is 0 Å². The van der Waals surface area contributed by atoms with E-state index in [0.717, 1.165) is 13.0 Å². The van der Waals surface area contributed by atoms with Crippen LogP contribution in [0.1, 0.15) is 16.8 Å². The number of hydrogen-bond donors (Lipinski definition) is 0. The van der Waals surface area contributed by atoms with E-state index < -0.39 is 0 Å². The minimum absolute atomic E-state index is 0.00952. The van der Waals surface area contributed by atoms with E-state index in [4.69, 9.17) is 16.3 Å². The van der Waals surface area contributed by atoms with Crippen molar-refractivity contribution in [2.75, 3.05) is 27.2 Å². The number of Topliss-reactive ketones (excluding diaryl/α,β-unsaturated/α-hetero) is 1. The number of hydrogen-bond acceptors (Lipinski definition) is 3. The molecule has 1 heterocycles. The fourth-order valence-corrected chi connectivity index (χ4v) is 2.35. The summed E-state index contributed by atoms with van der Waals surface area (Å²) >= 11 is 6.05. The van der Waals surface area contributed by atoms with Crippen molar-refractivity contribution in [2.24, 2.45) is 5.92 Å². The lowest BCUT2D eigenvalue weighted by Gasteiger charge is -2.17. The Balaban J connectivity index is 2.33. The highest BCUT2D eigenvalue weighted by molar-refractivity contribution is 6.32. The molecule has 3 nitrogen and oxygen atoms in total. The van der Waals surface area contributed by atoms with Gasteiger partial charge in [-0.1, -0.05) is 17.7 Å². The van der Waals surface area contributed by atoms with Crippen LogP contribution in [0, 0.1) is 5.92 Å². The molecular weight excluding hydrogens is 238 g/mol. The third kappa shape index (κ3) is 2.61. The van der Waals surface area contributed by atoms with E-state index in [1.165, 1.54) is 0 Å². The quantitative estimate of drug-likeness (QED) is 0.811. The van der Waals surface area contributed by atoms with Gasteiger partial charge in [0, 0.05) is 12.5 Å². The Hall–Kier alpha value is -1.06. The van der Waals surface area contributed by atoms with E-state index in [-0.39, 0.29) is 11.7 Å². The second-order valence-corrected chi connectivity index (χ2v) is 4.98. The number of carbonyl (C=O) groups excluding carboxylic acids is 1. The summed E-state index contributed by atoms with van der Waals surface area (Å²) in [5.74, 6) is 0.666. The first kappa shape index (κ1) is 12.4. The van der Waals surface area contributed by atoms with Gasteiger partial charge in [-0.3, -0.25) is 4.79 Å². The summed E-state index contributed by atoms with van der Waals surface area (Å²) in [6, 6.07) is 5.33. The fourth-order valence-electron chi connectivity index (χ4n) is 2.12. The summed E-state index contributed by atoms with van der Waals surface area (Å²) in [7, 11) is 3.94. The van der Waals surface area contributed by atoms with Crippen molar-refractivity contribution in [3.63, 3.8) is 0 Å². The predicted octanol–water partition coefficient (Wildman–Crippen LogP) is 2.48. The van der Waals surface area contributed by atoms with Crippen molar-refractivity contribution in [1.82, 2.24) is 4.90 Å². The third-order valence-corrected chi connectivity index (χ3v) is 3.20. The normalized spacial score (nSPS) is 19.8. The van der Waals surface area contributed by atoms with Crippen molar-refractivity contribution in [3.8, 4) is 5.75 Å². The average molecular weight is 254 g/mol. The summed E-state index contributed by atoms with van der Waals surface area (Å²) in [5.41, 5.74) is 0.613. The molecule has 0 spiro atoms. The van der Waals surface area contributed by atoms with E-state index in [1.54, 1.807) is 18.2 Å². The molecule has 0 saturated carbocycles. The smallest absolute Gasteiger partial charge is 0.171 e. The third-order valence-electron chi connectivity index (χ3n) is 2.90. The Kier molecular flexibility index (Phi) is 3.69. The van der Waals surface area contributed by atoms with Gasteiger partial charge in [-0.2, -0.15) is 0 Å². The minimum atomic E-state index is -0.00952. The Bertz CT molecular complexity index is 431. The number of rotatable bonds is 2. The number of para-hydroxylation sites is 1. The van der Waals surface area contributed by atoms with E-state index >= 15 is 0 Å². The molecule has 17 heavy (non-hydrogen) atoms. The molecule has 1 aromatic carbocycles. The molecular formula is C13H16ClNO2. The minimum Gasteiger partial charge on any atom is -0.491 e. The zero-order valence-corrected chi connectivity index (χ0v) is 10.8. The molecule has 0 aliphatic carbocycles. The van der Waals surface area contributed by atoms with Crippen LogP contribution >= 0.6 is 11.6 Å². The zero-order valence-electron chi connectivity index (χ0n) is 10.1. The molecule has 0 aromatic heterocycles. The zero-order chi connectivity index (χ0) is 12.4. The van der Waals surface area contributed by atoms with Gasteiger partial charge in [0.1, 0.15) is 5.75 Å². The van der Waals surface area contributed by atoms with Crippen LogP contribution in [0.2, 0.25) is 5.02 Å². The molecule has 0 N–H and O–H groups in total. The molecule has 1 atom stereocenters. The second-order valence-electron chi connectivity index (χ2n) is 4.58. The molecule has 1 aliphatic heterocycles. The van der Waals surface area contributed by atoms with Crippen LogP contribution in [0.4, 0.5) is 0 Å². The number of ether oxygens (including phenoxy) is 1. The molecule has 0 radical (unpaired) electrons. The molecule has 1 aliphatic rings. The lowest BCUT2D eigenvalue weighted by molar-refractivity contribution is 0.0891. The van der Waals surface area contributed by atoms with Crippen molar-refractivity contribution in [2.45, 2.75) is 6.42 Å². The van der Waals surface area contributed by atoms with Gasteiger partial charge in [-0.05, 0) is 32.6 Å². The first-order valence-electron chi connectivity index (χ1n) is 5.70. The molecule has 0 fully saturated rings. The molecule has 0 saturated heterocycles. The van der Waals surface area contributed by atoms with Crippen molar-refractivity contribution >= 4 is 17.4 Å². The Morgan fingerprint density at radius 2 is 2.24 bits per heavy atom. The Labute approximate surface area is 106 Å². The fraction of sp³-hybridized carbons (Fsp3) is 0.462. The summed E-state index contributed by atoms with van der Waals surface area (Å²) in [6.45, 7) is 1.29. The van der Waals surface area contributed by atoms with Crippen LogP contribution in [0.25, 0.3) is 0 Å². The van der Waals surface area contributed by atoms with Crippen LogP contribution in [0.5, 0.6) is 5.75 Å². The molecule has 92 valence electrons. The number of carbonyl (C=O) groups is 1. The van der Waals surface area contributed by atoms with Crippen LogP contribution in [0.15, 0.2) is 18.2 Å². The number of fused-ring (bicyclic) bond motifs is 1. The number of ketones is 1. The highest BCUT2D eigenvalue weighted by Gasteiger charge is 2.27. The van der Waals surface area contributed by atoms with E-state index in [9.17, 15) is 4.79 Å². The van der Waals surface area contributed by atoms with Crippen molar-refractivity contribution < 1.29 is 9.53 Å². The second kappa shape index (κ2) is 5.07. The van der Waals surface area contributed by atoms with Gasteiger partial charge in [-0.15, -0.1) is 0 Å². The van der Waals surface area contributed by atoms with Crippen LogP contribution in [-0.2, 0) is 0 Å². The monoisotopic (exact) mass is 253 g/mol. The van der Waals surface area contributed by atoms with Crippen LogP contribution in [-0.4, -0.2) is 37.9 Å². The maximum Gasteiger partial charge on any atom is 0.171 e. The number of nitrogens with zero attached hydrogens (tertiary/aromatic N) is 1. The van der Waals surface area contributed by atoms with Gasteiger partial charge in [0.2, 0.25) is 0 Å². The largest absolute Gasteiger partial charge is 0.491 e. The lowest BCUT2D eigenvalue weighted by atomic mass is 9.95. The van der Waals surface area contributed by atoms with E-state index in [2.05, 4.69) is 0 Å². The van der Waals surface area contributed by atoms with Gasteiger partial charge in [0.05, 0.1) is 17.2 Å². The molecule has 1 unspecified atom stereocenters. The first-order chi connectivity index (χ1) is 8.09. The average Bonchev–Trinajstić information content (AvgIpc) is 2.41. The standard InChI is InChI=1S/C13H16ClNO2/c1-15(2)8-9-6-7-17-13-10(12(9)16)4-3-5-11(13)14/h3-5,9H,6-8H2,1-2H3. The molecule has 0 bridgehead atoms. The Morgan fingerprint density at radius 1 is 1.47 bits per heavy atom. The van der Waals surface area contributed by atoms with E-state index in [1.807, 2.05) is 19.0 Å². The van der Waals surface area contributed by atoms with Gasteiger partial charge in [0.15, 0.2) is 5.78 Å².